The third kappa shape index (κ3) is 5.69. The maximum absolute atomic E-state index is 14.5. The molecule has 0 aliphatic carbocycles. The average Bonchev–Trinajstić information content (AvgIpc) is 3.57. The Bertz CT molecular complexity index is 1530. The van der Waals surface area contributed by atoms with Gasteiger partial charge in [-0.1, -0.05) is 19.1 Å². The van der Waals surface area contributed by atoms with Gasteiger partial charge < -0.3 is 29.7 Å². The summed E-state index contributed by atoms with van der Waals surface area (Å²) in [6.45, 7) is 3.12. The van der Waals surface area contributed by atoms with Crippen LogP contribution in [0.4, 0.5) is 16.2 Å². The summed E-state index contributed by atoms with van der Waals surface area (Å²) < 4.78 is 15.7. The van der Waals surface area contributed by atoms with E-state index >= 15 is 0 Å². The van der Waals surface area contributed by atoms with Crippen molar-refractivity contribution in [2.45, 2.75) is 36.9 Å². The quantitative estimate of drug-likeness (QED) is 0.267. The van der Waals surface area contributed by atoms with Gasteiger partial charge in [0.15, 0.2) is 11.5 Å². The molecule has 10 nitrogen and oxygen atoms in total. The lowest BCUT2D eigenvalue weighted by molar-refractivity contribution is -0.133. The molecule has 0 unspecified atom stereocenters. The maximum atomic E-state index is 14.5. The third-order valence-electron chi connectivity index (χ3n) is 7.85. The van der Waals surface area contributed by atoms with E-state index in [2.05, 4.69) is 22.9 Å². The number of hydrogen-bond acceptors (Lipinski definition) is 8. The van der Waals surface area contributed by atoms with E-state index < -0.39 is 12.1 Å². The highest BCUT2D eigenvalue weighted by Gasteiger charge is 2.40. The number of nitrogens with one attached hydrogen (secondary N) is 3. The van der Waals surface area contributed by atoms with Crippen LogP contribution < -0.4 is 25.4 Å². The molecule has 5 rings (SSSR count). The van der Waals surface area contributed by atoms with Crippen molar-refractivity contribution in [3.63, 3.8) is 0 Å². The van der Waals surface area contributed by atoms with Gasteiger partial charge in [-0.3, -0.25) is 14.9 Å². The van der Waals surface area contributed by atoms with Crippen LogP contribution in [-0.4, -0.2) is 50.7 Å². The van der Waals surface area contributed by atoms with Crippen molar-refractivity contribution in [1.29, 1.82) is 0 Å². The number of carbonyl (C=O) groups excluding carboxylic acids is 3. The first-order valence-electron chi connectivity index (χ1n) is 13.6. The molecule has 1 saturated heterocycles. The number of rotatable bonds is 8. The van der Waals surface area contributed by atoms with Gasteiger partial charge in [-0.25, -0.2) is 4.79 Å². The standard InChI is InChI=1S/C31H34N4O6S/c1-17-11-12-35(28(17)23-15-21(8-10-26(23)42)34-31(38)41-4)30(37)27(18-6-9-24(39-2)25(13-18)40-3)33-20-7-5-19-16-32-29(36)22(19)14-20/h5-10,13-15,17,27-28,33,42H,11-12,16H2,1-4H3,(H,32,36)(H,34,38)/t17-,27+,28+/m0/s1. The number of hydrogen-bond donors (Lipinski definition) is 4. The number of carbonyl (C=O) groups is 3. The van der Waals surface area contributed by atoms with Crippen molar-refractivity contribution in [1.82, 2.24) is 10.2 Å². The topological polar surface area (TPSA) is 118 Å². The molecule has 0 spiro atoms. The zero-order valence-corrected chi connectivity index (χ0v) is 24.8. The zero-order valence-electron chi connectivity index (χ0n) is 23.9. The van der Waals surface area contributed by atoms with E-state index in [9.17, 15) is 14.4 Å². The second kappa shape index (κ2) is 12.2. The van der Waals surface area contributed by atoms with Gasteiger partial charge in [0.1, 0.15) is 6.04 Å². The van der Waals surface area contributed by atoms with E-state index in [0.29, 0.717) is 52.0 Å². The Hall–Kier alpha value is -4.38. The molecule has 11 heteroatoms. The molecular formula is C31H34N4O6S. The molecule has 3 amide bonds. The molecule has 2 aliphatic heterocycles. The highest BCUT2D eigenvalue weighted by Crippen LogP contribution is 2.43. The van der Waals surface area contributed by atoms with Gasteiger partial charge in [0.2, 0.25) is 5.91 Å². The molecule has 42 heavy (non-hydrogen) atoms. The van der Waals surface area contributed by atoms with Crippen LogP contribution in [0.2, 0.25) is 0 Å². The number of anilines is 2. The van der Waals surface area contributed by atoms with Gasteiger partial charge in [-0.05, 0) is 71.5 Å². The molecule has 0 saturated carbocycles. The van der Waals surface area contributed by atoms with E-state index in [1.54, 1.807) is 44.6 Å². The van der Waals surface area contributed by atoms with Gasteiger partial charge in [0, 0.05) is 34.9 Å². The number of amides is 3. The minimum Gasteiger partial charge on any atom is -0.493 e. The number of likely N-dealkylation sites (tertiary alicyclic amines) is 1. The predicted octanol–water partition coefficient (Wildman–Crippen LogP) is 5.18. The number of ether oxygens (including phenoxy) is 3. The third-order valence-corrected chi connectivity index (χ3v) is 8.26. The Labute approximate surface area is 250 Å². The van der Waals surface area contributed by atoms with Gasteiger partial charge in [0.25, 0.3) is 5.91 Å². The van der Waals surface area contributed by atoms with Crippen molar-refractivity contribution in [3.05, 3.63) is 76.9 Å². The number of benzene rings is 3. The van der Waals surface area contributed by atoms with Crippen LogP contribution in [0.25, 0.3) is 0 Å². The van der Waals surface area contributed by atoms with E-state index in [-0.39, 0.29) is 23.8 Å². The van der Waals surface area contributed by atoms with Crippen molar-refractivity contribution in [2.75, 3.05) is 38.5 Å². The first-order valence-corrected chi connectivity index (χ1v) is 14.1. The smallest absolute Gasteiger partial charge is 0.411 e. The van der Waals surface area contributed by atoms with Crippen LogP contribution in [0.3, 0.4) is 0 Å². The van der Waals surface area contributed by atoms with E-state index in [1.807, 2.05) is 29.2 Å². The van der Waals surface area contributed by atoms with Crippen molar-refractivity contribution < 1.29 is 28.6 Å². The first-order chi connectivity index (χ1) is 20.2. The zero-order chi connectivity index (χ0) is 30.0. The fraction of sp³-hybridized carbons (Fsp3) is 0.323. The highest BCUT2D eigenvalue weighted by molar-refractivity contribution is 7.80. The lowest BCUT2D eigenvalue weighted by atomic mass is 9.94. The fourth-order valence-corrected chi connectivity index (χ4v) is 5.93. The summed E-state index contributed by atoms with van der Waals surface area (Å²) in [5.41, 5.74) is 4.18. The van der Waals surface area contributed by atoms with Gasteiger partial charge >= 0.3 is 6.09 Å². The average molecular weight is 591 g/mol. The van der Waals surface area contributed by atoms with Gasteiger partial charge in [-0.2, -0.15) is 0 Å². The summed E-state index contributed by atoms with van der Waals surface area (Å²) >= 11 is 4.71. The van der Waals surface area contributed by atoms with E-state index in [1.165, 1.54) is 7.11 Å². The summed E-state index contributed by atoms with van der Waals surface area (Å²) in [4.78, 5) is 41.4. The van der Waals surface area contributed by atoms with Crippen molar-refractivity contribution in [3.8, 4) is 11.5 Å². The molecule has 3 atom stereocenters. The Balaban J connectivity index is 1.54. The Morgan fingerprint density at radius 2 is 1.76 bits per heavy atom. The van der Waals surface area contributed by atoms with Crippen molar-refractivity contribution in [2.24, 2.45) is 5.92 Å². The molecule has 1 fully saturated rings. The van der Waals surface area contributed by atoms with Crippen LogP contribution in [0.5, 0.6) is 11.5 Å². The number of methoxy groups -OCH3 is 3. The molecule has 0 bridgehead atoms. The van der Waals surface area contributed by atoms with Gasteiger partial charge in [0.05, 0.1) is 27.4 Å². The second-order valence-electron chi connectivity index (χ2n) is 10.4. The lowest BCUT2D eigenvalue weighted by Gasteiger charge is -2.33. The monoisotopic (exact) mass is 590 g/mol. The number of thiol groups is 1. The molecule has 3 aromatic carbocycles. The van der Waals surface area contributed by atoms with Crippen LogP contribution in [0, 0.1) is 5.92 Å². The van der Waals surface area contributed by atoms with Crippen molar-refractivity contribution >= 4 is 41.9 Å². The molecule has 3 N–H and O–H groups in total. The van der Waals surface area contributed by atoms with Crippen LogP contribution >= 0.6 is 12.6 Å². The van der Waals surface area contributed by atoms with Crippen LogP contribution in [-0.2, 0) is 16.1 Å². The molecule has 2 heterocycles. The minimum atomic E-state index is -0.806. The molecule has 0 aromatic heterocycles. The molecule has 0 radical (unpaired) electrons. The predicted molar refractivity (Wildman–Crippen MR) is 161 cm³/mol. The lowest BCUT2D eigenvalue weighted by Crippen LogP contribution is -2.38. The first kappa shape index (κ1) is 29.1. The molecular weight excluding hydrogens is 556 g/mol. The number of nitrogens with zero attached hydrogens (tertiary/aromatic N) is 1. The normalized spacial score (nSPS) is 18.1. The summed E-state index contributed by atoms with van der Waals surface area (Å²) in [7, 11) is 4.41. The largest absolute Gasteiger partial charge is 0.493 e. The van der Waals surface area contributed by atoms with E-state index in [4.69, 9.17) is 26.8 Å². The highest BCUT2D eigenvalue weighted by atomic mass is 32.1. The Kier molecular flexibility index (Phi) is 8.49. The SMILES string of the molecule is COC(=O)Nc1ccc(S)c([C@H]2[C@@H](C)CCN2C(=O)[C@H](Nc2ccc3c(c2)C(=O)NC3)c2ccc(OC)c(OC)c2)c1. The molecule has 2 aliphatic rings. The minimum absolute atomic E-state index is 0.128. The summed E-state index contributed by atoms with van der Waals surface area (Å²) in [5, 5.41) is 8.93. The number of fused-ring (bicyclic) bond motifs is 1. The van der Waals surface area contributed by atoms with Crippen LogP contribution in [0.1, 0.15) is 52.5 Å². The summed E-state index contributed by atoms with van der Waals surface area (Å²) in [6, 6.07) is 15.2. The maximum Gasteiger partial charge on any atom is 0.411 e. The summed E-state index contributed by atoms with van der Waals surface area (Å²) in [6.07, 6.45) is 0.205. The Morgan fingerprint density at radius 1 is 1.00 bits per heavy atom. The molecule has 220 valence electrons. The van der Waals surface area contributed by atoms with E-state index in [0.717, 1.165) is 17.5 Å². The summed E-state index contributed by atoms with van der Waals surface area (Å²) in [5.74, 6) is 0.874. The second-order valence-corrected chi connectivity index (χ2v) is 10.9. The van der Waals surface area contributed by atoms with Gasteiger partial charge in [-0.15, -0.1) is 12.6 Å². The Morgan fingerprint density at radius 3 is 2.50 bits per heavy atom. The fourth-order valence-electron chi connectivity index (χ4n) is 5.66. The van der Waals surface area contributed by atoms with Crippen LogP contribution in [0.15, 0.2) is 59.5 Å². The molecule has 3 aromatic rings.